The number of carbonyl (C=O) groups excluding carboxylic acids is 1. The van der Waals surface area contributed by atoms with E-state index in [4.69, 9.17) is 0 Å². The minimum atomic E-state index is 0.580. The second kappa shape index (κ2) is 7.00. The van der Waals surface area contributed by atoms with E-state index in [1.807, 2.05) is 80.6 Å². The van der Waals surface area contributed by atoms with Crippen LogP contribution in [0.3, 0.4) is 0 Å². The number of nitrogens with zero attached hydrogens (tertiary/aromatic N) is 3. The van der Waals surface area contributed by atoms with Crippen LogP contribution < -0.4 is 0 Å². The average molecular weight is 353 g/mol. The fourth-order valence-corrected chi connectivity index (χ4v) is 3.21. The van der Waals surface area contributed by atoms with E-state index in [1.165, 1.54) is 0 Å². The first-order chi connectivity index (χ1) is 13.2. The van der Waals surface area contributed by atoms with Gasteiger partial charge < -0.3 is 0 Å². The van der Waals surface area contributed by atoms with Crippen LogP contribution in [0.1, 0.15) is 22.3 Å². The highest BCUT2D eigenvalue weighted by molar-refractivity contribution is 6.17. The van der Waals surface area contributed by atoms with Crippen LogP contribution in [0.4, 0.5) is 0 Å². The predicted octanol–water partition coefficient (Wildman–Crippen LogP) is 4.66. The first kappa shape index (κ1) is 16.9. The number of aldehydes is 1. The molecule has 3 aromatic carbocycles. The topological polar surface area (TPSA) is 47.8 Å². The van der Waals surface area contributed by atoms with Crippen LogP contribution in [0.15, 0.2) is 72.8 Å². The van der Waals surface area contributed by atoms with Crippen LogP contribution in [0.25, 0.3) is 22.3 Å². The molecule has 0 aliphatic rings. The number of rotatable bonds is 4. The number of allylic oxidation sites excluding steroid dienone is 1. The van der Waals surface area contributed by atoms with E-state index in [2.05, 4.69) is 16.4 Å². The van der Waals surface area contributed by atoms with Crippen molar-refractivity contribution >= 4 is 28.6 Å². The zero-order chi connectivity index (χ0) is 18.8. The standard InChI is InChI=1S/C23H19N3O/c1-16-10-12-18(13-11-16)20(15-27)23(19-7-5-6-17(2)14-19)26-22-9-4-3-8-21(22)24-25-26/h3-15H,1-2H3/b23-20-. The van der Waals surface area contributed by atoms with E-state index in [1.54, 1.807) is 4.68 Å². The maximum atomic E-state index is 12.2. The third-order valence-corrected chi connectivity index (χ3v) is 4.59. The van der Waals surface area contributed by atoms with Gasteiger partial charge in [-0.2, -0.15) is 0 Å². The highest BCUT2D eigenvalue weighted by Gasteiger charge is 2.17. The molecule has 0 bridgehead atoms. The number of carbonyl (C=O) groups is 1. The molecule has 4 heteroatoms. The Hall–Kier alpha value is -3.53. The molecule has 0 amide bonds. The number of fused-ring (bicyclic) bond motifs is 1. The molecule has 4 rings (SSSR count). The summed E-state index contributed by atoms with van der Waals surface area (Å²) in [5.74, 6) is 0. The summed E-state index contributed by atoms with van der Waals surface area (Å²) in [5.41, 5.74) is 7.00. The van der Waals surface area contributed by atoms with Crippen molar-refractivity contribution in [2.75, 3.05) is 0 Å². The molecule has 132 valence electrons. The van der Waals surface area contributed by atoms with Crippen LogP contribution >= 0.6 is 0 Å². The van der Waals surface area contributed by atoms with E-state index in [9.17, 15) is 4.79 Å². The van der Waals surface area contributed by atoms with Gasteiger partial charge in [-0.25, -0.2) is 4.68 Å². The second-order valence-electron chi connectivity index (χ2n) is 6.61. The molecule has 0 aliphatic carbocycles. The molecule has 4 aromatic rings. The third-order valence-electron chi connectivity index (χ3n) is 4.59. The van der Waals surface area contributed by atoms with Crippen LogP contribution in [0.2, 0.25) is 0 Å². The molecule has 0 fully saturated rings. The molecular formula is C23H19N3O. The number of benzene rings is 3. The van der Waals surface area contributed by atoms with Crippen molar-refractivity contribution in [3.63, 3.8) is 0 Å². The molecule has 0 aliphatic heterocycles. The lowest BCUT2D eigenvalue weighted by Gasteiger charge is -2.14. The van der Waals surface area contributed by atoms with E-state index < -0.39 is 0 Å². The summed E-state index contributed by atoms with van der Waals surface area (Å²) in [6.07, 6.45) is 0.902. The number of hydrogen-bond donors (Lipinski definition) is 0. The molecule has 1 aromatic heterocycles. The molecular weight excluding hydrogens is 334 g/mol. The molecule has 4 nitrogen and oxygen atoms in total. The zero-order valence-corrected chi connectivity index (χ0v) is 15.3. The summed E-state index contributed by atoms with van der Waals surface area (Å²) in [5, 5.41) is 8.64. The van der Waals surface area contributed by atoms with Crippen molar-refractivity contribution in [3.05, 3.63) is 95.1 Å². The van der Waals surface area contributed by atoms with Gasteiger partial charge in [0, 0.05) is 11.1 Å². The van der Waals surface area contributed by atoms with Gasteiger partial charge in [0.25, 0.3) is 0 Å². The Bertz CT molecular complexity index is 1150. The molecule has 0 spiro atoms. The van der Waals surface area contributed by atoms with Crippen molar-refractivity contribution in [3.8, 4) is 0 Å². The second-order valence-corrected chi connectivity index (χ2v) is 6.61. The van der Waals surface area contributed by atoms with Crippen molar-refractivity contribution in [1.82, 2.24) is 15.0 Å². The van der Waals surface area contributed by atoms with Gasteiger partial charge in [-0.15, -0.1) is 5.10 Å². The Morgan fingerprint density at radius 3 is 2.37 bits per heavy atom. The number of para-hydroxylation sites is 1. The fraction of sp³-hybridized carbons (Fsp3) is 0.0870. The molecule has 0 N–H and O–H groups in total. The molecule has 0 unspecified atom stereocenters. The Balaban J connectivity index is 2.06. The first-order valence-electron chi connectivity index (χ1n) is 8.82. The zero-order valence-electron chi connectivity index (χ0n) is 15.3. The first-order valence-corrected chi connectivity index (χ1v) is 8.82. The largest absolute Gasteiger partial charge is 0.298 e. The SMILES string of the molecule is Cc1ccc(/C(C=O)=C(/c2cccc(C)c2)n2nnc3ccccc32)cc1. The van der Waals surface area contributed by atoms with Crippen molar-refractivity contribution < 1.29 is 4.79 Å². The molecule has 0 saturated heterocycles. The summed E-state index contributed by atoms with van der Waals surface area (Å²) in [7, 11) is 0. The monoisotopic (exact) mass is 353 g/mol. The van der Waals surface area contributed by atoms with Crippen LogP contribution in [-0.2, 0) is 4.79 Å². The maximum absolute atomic E-state index is 12.2. The van der Waals surface area contributed by atoms with Gasteiger partial charge in [0.2, 0.25) is 0 Å². The minimum absolute atomic E-state index is 0.580. The van der Waals surface area contributed by atoms with Gasteiger partial charge in [-0.05, 0) is 37.6 Å². The van der Waals surface area contributed by atoms with Crippen LogP contribution in [0, 0.1) is 13.8 Å². The van der Waals surface area contributed by atoms with Gasteiger partial charge in [-0.1, -0.05) is 70.9 Å². The lowest BCUT2D eigenvalue weighted by molar-refractivity contribution is -0.103. The highest BCUT2D eigenvalue weighted by atomic mass is 16.1. The molecule has 0 atom stereocenters. The van der Waals surface area contributed by atoms with Gasteiger partial charge in [0.1, 0.15) is 5.52 Å². The van der Waals surface area contributed by atoms with E-state index >= 15 is 0 Å². The molecule has 0 saturated carbocycles. The average Bonchev–Trinajstić information content (AvgIpc) is 3.10. The molecule has 27 heavy (non-hydrogen) atoms. The summed E-state index contributed by atoms with van der Waals surface area (Å²) < 4.78 is 1.76. The highest BCUT2D eigenvalue weighted by Crippen LogP contribution is 2.29. The van der Waals surface area contributed by atoms with Crippen molar-refractivity contribution in [1.29, 1.82) is 0 Å². The Kier molecular flexibility index (Phi) is 4.38. The third kappa shape index (κ3) is 3.17. The minimum Gasteiger partial charge on any atom is -0.298 e. The summed E-state index contributed by atoms with van der Waals surface area (Å²) in [6, 6.07) is 23.8. The summed E-state index contributed by atoms with van der Waals surface area (Å²) >= 11 is 0. The fourth-order valence-electron chi connectivity index (χ4n) is 3.21. The number of hydrogen-bond acceptors (Lipinski definition) is 3. The predicted molar refractivity (Wildman–Crippen MR) is 108 cm³/mol. The lowest BCUT2D eigenvalue weighted by atomic mass is 9.98. The van der Waals surface area contributed by atoms with E-state index in [-0.39, 0.29) is 0 Å². The number of aromatic nitrogens is 3. The van der Waals surface area contributed by atoms with Crippen molar-refractivity contribution in [2.45, 2.75) is 13.8 Å². The van der Waals surface area contributed by atoms with Crippen molar-refractivity contribution in [2.24, 2.45) is 0 Å². The van der Waals surface area contributed by atoms with E-state index in [0.29, 0.717) is 5.57 Å². The molecule has 1 heterocycles. The Labute approximate surface area is 157 Å². The van der Waals surface area contributed by atoms with Gasteiger partial charge >= 0.3 is 0 Å². The smallest absolute Gasteiger partial charge is 0.152 e. The maximum Gasteiger partial charge on any atom is 0.152 e. The Morgan fingerprint density at radius 1 is 0.852 bits per heavy atom. The summed E-state index contributed by atoms with van der Waals surface area (Å²) in [6.45, 7) is 4.06. The Morgan fingerprint density at radius 2 is 1.63 bits per heavy atom. The van der Waals surface area contributed by atoms with Crippen LogP contribution in [-0.4, -0.2) is 21.3 Å². The quantitative estimate of drug-likeness (QED) is 0.304. The van der Waals surface area contributed by atoms with Gasteiger partial charge in [0.15, 0.2) is 6.29 Å². The van der Waals surface area contributed by atoms with Crippen LogP contribution in [0.5, 0.6) is 0 Å². The summed E-state index contributed by atoms with van der Waals surface area (Å²) in [4.78, 5) is 12.2. The lowest BCUT2D eigenvalue weighted by Crippen LogP contribution is -2.06. The van der Waals surface area contributed by atoms with Gasteiger partial charge in [-0.3, -0.25) is 4.79 Å². The molecule has 0 radical (unpaired) electrons. The van der Waals surface area contributed by atoms with E-state index in [0.717, 1.165) is 45.3 Å². The van der Waals surface area contributed by atoms with Gasteiger partial charge in [0.05, 0.1) is 11.2 Å². The normalized spacial score (nSPS) is 12.1. The number of aryl methyl sites for hydroxylation is 2.